The van der Waals surface area contributed by atoms with Crippen molar-refractivity contribution in [3.05, 3.63) is 29.8 Å². The minimum atomic E-state index is -0.382. The maximum absolute atomic E-state index is 12.7. The molecule has 7 nitrogen and oxygen atoms in total. The molecule has 0 radical (unpaired) electrons. The van der Waals surface area contributed by atoms with E-state index in [-0.39, 0.29) is 36.2 Å². The third-order valence-corrected chi connectivity index (χ3v) is 5.31. The van der Waals surface area contributed by atoms with Gasteiger partial charge in [0.15, 0.2) is 0 Å². The van der Waals surface area contributed by atoms with Crippen LogP contribution >= 0.6 is 0 Å². The first-order valence-corrected chi connectivity index (χ1v) is 10.2. The van der Waals surface area contributed by atoms with Gasteiger partial charge in [0.25, 0.3) is 5.91 Å². The van der Waals surface area contributed by atoms with Gasteiger partial charge in [-0.2, -0.15) is 0 Å². The topological polar surface area (TPSA) is 87.7 Å². The molecule has 2 N–H and O–H groups in total. The van der Waals surface area contributed by atoms with E-state index in [0.29, 0.717) is 30.9 Å². The first-order chi connectivity index (χ1) is 13.6. The zero-order valence-electron chi connectivity index (χ0n) is 16.4. The van der Waals surface area contributed by atoms with Crippen molar-refractivity contribution in [1.29, 1.82) is 0 Å². The Balaban J connectivity index is 1.58. The zero-order chi connectivity index (χ0) is 19.9. The van der Waals surface area contributed by atoms with Crippen LogP contribution in [0.4, 0.5) is 5.69 Å². The van der Waals surface area contributed by atoms with Crippen LogP contribution in [0.3, 0.4) is 0 Å². The quantitative estimate of drug-likeness (QED) is 0.716. The molecule has 3 rings (SSSR count). The Hall–Kier alpha value is -2.41. The molecule has 2 aliphatic heterocycles. The highest BCUT2D eigenvalue weighted by Crippen LogP contribution is 2.22. The van der Waals surface area contributed by atoms with E-state index in [1.54, 1.807) is 29.2 Å². The molecule has 2 atom stereocenters. The molecule has 2 aliphatic rings. The molecule has 0 spiro atoms. The maximum atomic E-state index is 12.7. The normalized spacial score (nSPS) is 21.8. The minimum Gasteiger partial charge on any atom is -0.376 e. The molecule has 2 heterocycles. The van der Waals surface area contributed by atoms with Crippen LogP contribution in [0.1, 0.15) is 49.4 Å². The Labute approximate surface area is 165 Å². The number of para-hydroxylation sites is 1. The maximum Gasteiger partial charge on any atom is 0.253 e. The fourth-order valence-corrected chi connectivity index (χ4v) is 3.64. The van der Waals surface area contributed by atoms with E-state index < -0.39 is 0 Å². The molecule has 1 aromatic rings. The van der Waals surface area contributed by atoms with Crippen LogP contribution in [0.5, 0.6) is 0 Å². The molecule has 2 fully saturated rings. The Morgan fingerprint density at radius 3 is 2.86 bits per heavy atom. The smallest absolute Gasteiger partial charge is 0.253 e. The van der Waals surface area contributed by atoms with E-state index in [2.05, 4.69) is 17.6 Å². The number of anilines is 1. The van der Waals surface area contributed by atoms with Crippen LogP contribution in [-0.2, 0) is 14.3 Å². The number of carbonyl (C=O) groups is 3. The molecule has 0 unspecified atom stereocenters. The molecule has 0 aliphatic carbocycles. The number of amides is 3. The van der Waals surface area contributed by atoms with Crippen molar-refractivity contribution in [3.63, 3.8) is 0 Å². The van der Waals surface area contributed by atoms with Crippen LogP contribution in [0.25, 0.3) is 0 Å². The van der Waals surface area contributed by atoms with Gasteiger partial charge in [-0.15, -0.1) is 0 Å². The molecular weight excluding hydrogens is 358 g/mol. The van der Waals surface area contributed by atoms with Crippen molar-refractivity contribution in [2.45, 2.75) is 45.1 Å². The molecule has 0 aromatic heterocycles. The van der Waals surface area contributed by atoms with Gasteiger partial charge in [0.1, 0.15) is 0 Å². The fraction of sp³-hybridized carbons (Fsp3) is 0.571. The number of unbranched alkanes of at least 4 members (excludes halogenated alkanes) is 1. The van der Waals surface area contributed by atoms with Crippen LogP contribution < -0.4 is 10.6 Å². The molecule has 7 heteroatoms. The van der Waals surface area contributed by atoms with E-state index in [0.717, 1.165) is 32.3 Å². The summed E-state index contributed by atoms with van der Waals surface area (Å²) in [4.78, 5) is 39.1. The number of rotatable bonds is 8. The van der Waals surface area contributed by atoms with Gasteiger partial charge in [-0.25, -0.2) is 0 Å². The number of hydrogen-bond acceptors (Lipinski definition) is 4. The third-order valence-electron chi connectivity index (χ3n) is 5.31. The SMILES string of the molecule is CCCCN1C[C@H](C(=O)Nc2ccccc2C(=O)NC[C@@H]2CCCO2)CC1=O. The summed E-state index contributed by atoms with van der Waals surface area (Å²) >= 11 is 0. The van der Waals surface area contributed by atoms with Crippen molar-refractivity contribution in [1.82, 2.24) is 10.2 Å². The summed E-state index contributed by atoms with van der Waals surface area (Å²) in [6.45, 7) is 4.41. The van der Waals surface area contributed by atoms with Gasteiger partial charge in [0.05, 0.1) is 23.3 Å². The largest absolute Gasteiger partial charge is 0.376 e. The summed E-state index contributed by atoms with van der Waals surface area (Å²) < 4.78 is 5.53. The van der Waals surface area contributed by atoms with Crippen LogP contribution in [0, 0.1) is 5.92 Å². The number of ether oxygens (including phenoxy) is 1. The van der Waals surface area contributed by atoms with Gasteiger partial charge in [-0.1, -0.05) is 25.5 Å². The number of benzene rings is 1. The van der Waals surface area contributed by atoms with Crippen molar-refractivity contribution < 1.29 is 19.1 Å². The predicted molar refractivity (Wildman–Crippen MR) is 106 cm³/mol. The van der Waals surface area contributed by atoms with Gasteiger partial charge >= 0.3 is 0 Å². The summed E-state index contributed by atoms with van der Waals surface area (Å²) in [5.41, 5.74) is 0.887. The van der Waals surface area contributed by atoms with Crippen molar-refractivity contribution in [3.8, 4) is 0 Å². The minimum absolute atomic E-state index is 0.0243. The molecule has 2 saturated heterocycles. The lowest BCUT2D eigenvalue weighted by Crippen LogP contribution is -2.33. The van der Waals surface area contributed by atoms with Crippen molar-refractivity contribution >= 4 is 23.4 Å². The summed E-state index contributed by atoms with van der Waals surface area (Å²) in [5, 5.41) is 5.73. The summed E-state index contributed by atoms with van der Waals surface area (Å²) in [5.74, 6) is -0.811. The molecule has 28 heavy (non-hydrogen) atoms. The predicted octanol–water partition coefficient (Wildman–Crippen LogP) is 2.18. The van der Waals surface area contributed by atoms with Crippen LogP contribution in [-0.4, -0.2) is 55.0 Å². The van der Waals surface area contributed by atoms with Gasteiger partial charge in [0, 0.05) is 32.7 Å². The first-order valence-electron chi connectivity index (χ1n) is 10.2. The summed E-state index contributed by atoms with van der Waals surface area (Å²) in [6, 6.07) is 6.94. The highest BCUT2D eigenvalue weighted by Gasteiger charge is 2.34. The fourth-order valence-electron chi connectivity index (χ4n) is 3.64. The molecule has 0 saturated carbocycles. The lowest BCUT2D eigenvalue weighted by atomic mass is 10.1. The van der Waals surface area contributed by atoms with Crippen LogP contribution in [0.2, 0.25) is 0 Å². The standard InChI is InChI=1S/C21H29N3O4/c1-2-3-10-24-14-15(12-19(24)25)20(26)23-18-9-5-4-8-17(18)21(27)22-13-16-7-6-11-28-16/h4-5,8-9,15-16H,2-3,6-7,10-14H2,1H3,(H,22,27)(H,23,26)/t15-,16+/m1/s1. The third kappa shape index (κ3) is 5.10. The van der Waals surface area contributed by atoms with Gasteiger partial charge < -0.3 is 20.3 Å². The summed E-state index contributed by atoms with van der Waals surface area (Å²) in [6.07, 6.45) is 4.20. The molecular formula is C21H29N3O4. The average Bonchev–Trinajstić information content (AvgIpc) is 3.34. The van der Waals surface area contributed by atoms with Gasteiger partial charge in [-0.3, -0.25) is 14.4 Å². The number of hydrogen-bond donors (Lipinski definition) is 2. The van der Waals surface area contributed by atoms with Crippen LogP contribution in [0.15, 0.2) is 24.3 Å². The summed E-state index contributed by atoms with van der Waals surface area (Å²) in [7, 11) is 0. The lowest BCUT2D eigenvalue weighted by molar-refractivity contribution is -0.128. The zero-order valence-corrected chi connectivity index (χ0v) is 16.4. The Bertz CT molecular complexity index is 715. The Morgan fingerprint density at radius 2 is 2.11 bits per heavy atom. The van der Waals surface area contributed by atoms with E-state index in [1.807, 2.05) is 0 Å². The first kappa shape index (κ1) is 20.3. The number of carbonyl (C=O) groups excluding carboxylic acids is 3. The highest BCUT2D eigenvalue weighted by molar-refractivity contribution is 6.05. The molecule has 152 valence electrons. The van der Waals surface area contributed by atoms with Gasteiger partial charge in [-0.05, 0) is 31.4 Å². The second kappa shape index (κ2) is 9.68. The Morgan fingerprint density at radius 1 is 1.29 bits per heavy atom. The monoisotopic (exact) mass is 387 g/mol. The molecule has 3 amide bonds. The molecule has 0 bridgehead atoms. The second-order valence-electron chi connectivity index (χ2n) is 7.47. The van der Waals surface area contributed by atoms with Crippen molar-refractivity contribution in [2.75, 3.05) is 31.6 Å². The number of nitrogens with zero attached hydrogens (tertiary/aromatic N) is 1. The van der Waals surface area contributed by atoms with E-state index in [9.17, 15) is 14.4 Å². The van der Waals surface area contributed by atoms with E-state index >= 15 is 0 Å². The molecule has 1 aromatic carbocycles. The van der Waals surface area contributed by atoms with E-state index in [4.69, 9.17) is 4.74 Å². The highest BCUT2D eigenvalue weighted by atomic mass is 16.5. The second-order valence-corrected chi connectivity index (χ2v) is 7.47. The van der Waals surface area contributed by atoms with Crippen molar-refractivity contribution in [2.24, 2.45) is 5.92 Å². The average molecular weight is 387 g/mol. The Kier molecular flexibility index (Phi) is 7.03. The number of nitrogens with one attached hydrogen (secondary N) is 2. The van der Waals surface area contributed by atoms with Gasteiger partial charge in [0.2, 0.25) is 11.8 Å². The lowest BCUT2D eigenvalue weighted by Gasteiger charge is -2.17. The number of likely N-dealkylation sites (tertiary alicyclic amines) is 1. The van der Waals surface area contributed by atoms with E-state index in [1.165, 1.54) is 0 Å².